The van der Waals surface area contributed by atoms with Gasteiger partial charge in [-0.1, -0.05) is 18.1 Å². The largest absolute Gasteiger partial charge is 0.497 e. The number of ether oxygens (including phenoxy) is 1. The normalized spacial score (nSPS) is 40.0. The number of methoxy groups -OCH3 is 1. The Morgan fingerprint density at radius 2 is 2.21 bits per heavy atom. The van der Waals surface area contributed by atoms with Crippen LogP contribution in [0.3, 0.4) is 0 Å². The van der Waals surface area contributed by atoms with Crippen LogP contribution in [0.1, 0.15) is 49.7 Å². The second kappa shape index (κ2) is 5.68. The van der Waals surface area contributed by atoms with E-state index in [0.717, 1.165) is 37.9 Å². The van der Waals surface area contributed by atoms with Gasteiger partial charge in [0.25, 0.3) is 0 Å². The highest BCUT2D eigenvalue weighted by Crippen LogP contribution is 2.61. The summed E-state index contributed by atoms with van der Waals surface area (Å²) in [5, 5.41) is 14.6. The number of rotatable bonds is 2. The number of azide groups is 1. The summed E-state index contributed by atoms with van der Waals surface area (Å²) in [6.07, 6.45) is 4.66. The van der Waals surface area contributed by atoms with E-state index in [-0.39, 0.29) is 11.5 Å². The molecular weight excluding hydrogens is 302 g/mol. The van der Waals surface area contributed by atoms with Gasteiger partial charge in [0, 0.05) is 4.91 Å². The zero-order valence-electron chi connectivity index (χ0n) is 14.4. The molecular formula is C19H25N3O2. The Kier molecular flexibility index (Phi) is 3.74. The van der Waals surface area contributed by atoms with Crippen molar-refractivity contribution < 1.29 is 9.84 Å². The molecule has 1 aromatic rings. The quantitative estimate of drug-likeness (QED) is 0.502. The minimum atomic E-state index is -0.503. The molecule has 0 unspecified atom stereocenters. The fourth-order valence-electron chi connectivity index (χ4n) is 5.85. The summed E-state index contributed by atoms with van der Waals surface area (Å²) in [5.74, 6) is 2.53. The Hall–Kier alpha value is -1.71. The van der Waals surface area contributed by atoms with E-state index < -0.39 is 6.10 Å². The minimum Gasteiger partial charge on any atom is -0.497 e. The van der Waals surface area contributed by atoms with Crippen molar-refractivity contribution in [1.29, 1.82) is 0 Å². The molecule has 1 aromatic carbocycles. The van der Waals surface area contributed by atoms with Crippen LogP contribution in [0.2, 0.25) is 0 Å². The van der Waals surface area contributed by atoms with E-state index in [1.54, 1.807) is 7.11 Å². The van der Waals surface area contributed by atoms with Gasteiger partial charge in [-0.2, -0.15) is 0 Å². The summed E-state index contributed by atoms with van der Waals surface area (Å²) in [7, 11) is 1.72. The molecule has 3 aliphatic rings. The molecule has 4 rings (SSSR count). The monoisotopic (exact) mass is 327 g/mol. The predicted molar refractivity (Wildman–Crippen MR) is 91.9 cm³/mol. The lowest BCUT2D eigenvalue weighted by atomic mass is 9.55. The Labute approximate surface area is 142 Å². The van der Waals surface area contributed by atoms with Crippen molar-refractivity contribution in [2.24, 2.45) is 22.4 Å². The second-order valence-electron chi connectivity index (χ2n) is 7.98. The number of aliphatic hydroxyl groups excluding tert-OH is 1. The maximum Gasteiger partial charge on any atom is 0.119 e. The maximum atomic E-state index is 10.7. The lowest BCUT2D eigenvalue weighted by Gasteiger charge is -2.50. The van der Waals surface area contributed by atoms with Gasteiger partial charge in [0.2, 0.25) is 0 Å². The van der Waals surface area contributed by atoms with Gasteiger partial charge in [0.05, 0.1) is 19.3 Å². The first-order valence-corrected chi connectivity index (χ1v) is 8.97. The van der Waals surface area contributed by atoms with Gasteiger partial charge in [-0.25, -0.2) is 0 Å². The van der Waals surface area contributed by atoms with Crippen molar-refractivity contribution in [2.45, 2.75) is 57.1 Å². The van der Waals surface area contributed by atoms with Gasteiger partial charge in [-0.3, -0.25) is 0 Å². The maximum absolute atomic E-state index is 10.7. The molecule has 3 aliphatic carbocycles. The molecule has 128 valence electrons. The smallest absolute Gasteiger partial charge is 0.119 e. The molecule has 2 fully saturated rings. The number of aliphatic hydroxyl groups is 1. The highest BCUT2D eigenvalue weighted by atomic mass is 16.5. The molecule has 24 heavy (non-hydrogen) atoms. The van der Waals surface area contributed by atoms with Crippen LogP contribution in [0.25, 0.3) is 10.4 Å². The SMILES string of the molecule is COc1ccc2c(c1)CC[C@@H]1[C@@H]2CC[C@@]2(C)[C@H](O)[C@@H](N=[N+]=[N-])C[C@@H]12. The summed E-state index contributed by atoms with van der Waals surface area (Å²) in [6, 6.07) is 6.23. The average molecular weight is 327 g/mol. The number of fused-ring (bicyclic) bond motifs is 5. The third kappa shape index (κ3) is 2.15. The Morgan fingerprint density at radius 3 is 2.96 bits per heavy atom. The van der Waals surface area contributed by atoms with E-state index in [4.69, 9.17) is 10.3 Å². The lowest BCUT2D eigenvalue weighted by Crippen LogP contribution is -2.44. The van der Waals surface area contributed by atoms with Gasteiger partial charge in [-0.05, 0) is 84.1 Å². The lowest BCUT2D eigenvalue weighted by molar-refractivity contribution is -0.0255. The molecule has 5 nitrogen and oxygen atoms in total. The van der Waals surface area contributed by atoms with Crippen molar-refractivity contribution in [3.05, 3.63) is 39.8 Å². The van der Waals surface area contributed by atoms with Crippen molar-refractivity contribution >= 4 is 0 Å². The summed E-state index contributed by atoms with van der Waals surface area (Å²) in [5.41, 5.74) is 11.6. The number of aryl methyl sites for hydroxylation is 1. The van der Waals surface area contributed by atoms with Crippen molar-refractivity contribution in [1.82, 2.24) is 0 Å². The first kappa shape index (κ1) is 15.8. The van der Waals surface area contributed by atoms with E-state index in [2.05, 4.69) is 35.1 Å². The molecule has 5 heteroatoms. The molecule has 0 radical (unpaired) electrons. The molecule has 6 atom stereocenters. The fourth-order valence-corrected chi connectivity index (χ4v) is 5.85. The Morgan fingerprint density at radius 1 is 1.38 bits per heavy atom. The second-order valence-corrected chi connectivity index (χ2v) is 7.98. The average Bonchev–Trinajstić information content (AvgIpc) is 2.86. The Bertz CT molecular complexity index is 700. The predicted octanol–water partition coefficient (Wildman–Crippen LogP) is 4.20. The van der Waals surface area contributed by atoms with Crippen molar-refractivity contribution in [2.75, 3.05) is 7.11 Å². The van der Waals surface area contributed by atoms with Gasteiger partial charge in [-0.15, -0.1) is 0 Å². The summed E-state index contributed by atoms with van der Waals surface area (Å²) < 4.78 is 5.38. The van der Waals surface area contributed by atoms with E-state index in [0.29, 0.717) is 17.8 Å². The number of hydrogen-bond donors (Lipinski definition) is 1. The van der Waals surface area contributed by atoms with Crippen molar-refractivity contribution in [3.63, 3.8) is 0 Å². The molecule has 0 heterocycles. The number of benzene rings is 1. The zero-order valence-corrected chi connectivity index (χ0v) is 14.4. The molecule has 0 aromatic heterocycles. The van der Waals surface area contributed by atoms with Crippen LogP contribution < -0.4 is 4.74 Å². The van der Waals surface area contributed by atoms with Gasteiger partial charge >= 0.3 is 0 Å². The minimum absolute atomic E-state index is 0.107. The highest BCUT2D eigenvalue weighted by Gasteiger charge is 2.57. The molecule has 2 saturated carbocycles. The third-order valence-corrected chi connectivity index (χ3v) is 7.11. The van der Waals surface area contributed by atoms with Gasteiger partial charge in [0.1, 0.15) is 5.75 Å². The first-order chi connectivity index (χ1) is 11.6. The van der Waals surface area contributed by atoms with E-state index in [1.807, 2.05) is 0 Å². The van der Waals surface area contributed by atoms with Crippen LogP contribution in [0.15, 0.2) is 23.3 Å². The van der Waals surface area contributed by atoms with Crippen LogP contribution in [-0.2, 0) is 6.42 Å². The van der Waals surface area contributed by atoms with Gasteiger partial charge in [0.15, 0.2) is 0 Å². The third-order valence-electron chi connectivity index (χ3n) is 7.11. The standard InChI is InChI=1S/C19H25N3O2/c1-19-8-7-14-13-6-4-12(24-2)9-11(13)3-5-15(14)16(19)10-17(18(19)23)21-22-20/h4,6,9,14-18,23H,3,5,7-8,10H2,1-2H3/t14-,15-,16+,17+,18-,19-/m1/s1. The summed E-state index contributed by atoms with van der Waals surface area (Å²) in [4.78, 5) is 2.97. The molecule has 0 bridgehead atoms. The number of hydrogen-bond acceptors (Lipinski definition) is 3. The molecule has 0 saturated heterocycles. The molecule has 1 N–H and O–H groups in total. The zero-order chi connectivity index (χ0) is 16.9. The topological polar surface area (TPSA) is 78.2 Å². The van der Waals surface area contributed by atoms with Crippen LogP contribution >= 0.6 is 0 Å². The van der Waals surface area contributed by atoms with Crippen LogP contribution in [0.5, 0.6) is 5.75 Å². The summed E-state index contributed by atoms with van der Waals surface area (Å²) in [6.45, 7) is 2.20. The van der Waals surface area contributed by atoms with E-state index in [9.17, 15) is 5.11 Å². The van der Waals surface area contributed by atoms with Gasteiger partial charge < -0.3 is 9.84 Å². The molecule has 0 spiro atoms. The fraction of sp³-hybridized carbons (Fsp3) is 0.684. The summed E-state index contributed by atoms with van der Waals surface area (Å²) >= 11 is 0. The Balaban J connectivity index is 1.67. The molecule has 0 aliphatic heterocycles. The molecule has 0 amide bonds. The van der Waals surface area contributed by atoms with E-state index >= 15 is 0 Å². The van der Waals surface area contributed by atoms with Crippen molar-refractivity contribution in [3.8, 4) is 5.75 Å². The first-order valence-electron chi connectivity index (χ1n) is 8.97. The van der Waals surface area contributed by atoms with E-state index in [1.165, 1.54) is 11.1 Å². The highest BCUT2D eigenvalue weighted by molar-refractivity contribution is 5.40. The van der Waals surface area contributed by atoms with Crippen LogP contribution in [-0.4, -0.2) is 24.4 Å². The van der Waals surface area contributed by atoms with Crippen LogP contribution in [0, 0.1) is 17.3 Å². The number of nitrogens with zero attached hydrogens (tertiary/aromatic N) is 3. The van der Waals surface area contributed by atoms with Crippen LogP contribution in [0.4, 0.5) is 0 Å².